The molecule has 1 aromatic carbocycles. The monoisotopic (exact) mass is 355 g/mol. The Balaban J connectivity index is 2.10. The van der Waals surface area contributed by atoms with Crippen LogP contribution >= 0.6 is 28.1 Å². The van der Waals surface area contributed by atoms with Crippen molar-refractivity contribution in [3.63, 3.8) is 0 Å². The maximum absolute atomic E-state index is 11.8. The molecule has 0 saturated carbocycles. The van der Waals surface area contributed by atoms with Gasteiger partial charge in [-0.1, -0.05) is 29.8 Å². The molecule has 1 aromatic heterocycles. The Morgan fingerprint density at radius 1 is 1.50 bits per heavy atom. The molecule has 0 aliphatic heterocycles. The topological polar surface area (TPSA) is 49.8 Å². The Labute approximate surface area is 131 Å². The predicted molar refractivity (Wildman–Crippen MR) is 87.3 cm³/mol. The van der Waals surface area contributed by atoms with Crippen LogP contribution in [-0.2, 0) is 11.3 Å². The Bertz CT molecular complexity index is 675. The molecule has 0 atom stereocenters. The van der Waals surface area contributed by atoms with Gasteiger partial charge in [-0.05, 0) is 36.3 Å². The smallest absolute Gasteiger partial charge is 0.221 e. The van der Waals surface area contributed by atoms with E-state index in [0.29, 0.717) is 30.2 Å². The van der Waals surface area contributed by atoms with Gasteiger partial charge in [-0.25, -0.2) is 0 Å². The van der Waals surface area contributed by atoms with Gasteiger partial charge < -0.3 is 14.9 Å². The van der Waals surface area contributed by atoms with Crippen molar-refractivity contribution < 1.29 is 4.79 Å². The molecule has 0 saturated heterocycles. The number of hydrogen-bond acceptors (Lipinski definition) is 2. The first kappa shape index (κ1) is 15.3. The van der Waals surface area contributed by atoms with Crippen LogP contribution in [0.25, 0.3) is 11.0 Å². The second kappa shape index (κ2) is 6.54. The van der Waals surface area contributed by atoms with Crippen LogP contribution in [0.1, 0.15) is 20.3 Å². The molecular weight excluding hydrogens is 338 g/mol. The zero-order valence-corrected chi connectivity index (χ0v) is 14.0. The number of amides is 1. The molecule has 2 N–H and O–H groups in total. The molecule has 2 aromatic rings. The maximum Gasteiger partial charge on any atom is 0.221 e. The van der Waals surface area contributed by atoms with Gasteiger partial charge in [0.25, 0.3) is 0 Å². The molecule has 0 radical (unpaired) electrons. The van der Waals surface area contributed by atoms with Gasteiger partial charge in [0.15, 0.2) is 4.77 Å². The second-order valence-electron chi connectivity index (χ2n) is 5.19. The minimum absolute atomic E-state index is 0.0601. The van der Waals surface area contributed by atoms with Crippen molar-refractivity contribution in [1.82, 2.24) is 14.9 Å². The van der Waals surface area contributed by atoms with E-state index in [2.05, 4.69) is 40.1 Å². The summed E-state index contributed by atoms with van der Waals surface area (Å²) < 4.78 is 3.61. The second-order valence-corrected chi connectivity index (χ2v) is 6.49. The van der Waals surface area contributed by atoms with Crippen LogP contribution in [0.5, 0.6) is 0 Å². The minimum atomic E-state index is 0.0601. The van der Waals surface area contributed by atoms with Gasteiger partial charge in [0.05, 0.1) is 11.0 Å². The van der Waals surface area contributed by atoms with Crippen LogP contribution in [0.3, 0.4) is 0 Å². The van der Waals surface area contributed by atoms with Crippen LogP contribution < -0.4 is 5.32 Å². The fourth-order valence-corrected chi connectivity index (χ4v) is 2.62. The van der Waals surface area contributed by atoms with Gasteiger partial charge in [-0.15, -0.1) is 0 Å². The molecule has 108 valence electrons. The zero-order chi connectivity index (χ0) is 14.7. The van der Waals surface area contributed by atoms with E-state index >= 15 is 0 Å². The summed E-state index contributed by atoms with van der Waals surface area (Å²) in [6.07, 6.45) is 0.431. The van der Waals surface area contributed by atoms with Crippen molar-refractivity contribution in [2.75, 3.05) is 6.54 Å². The standard InChI is InChI=1S/C14H18BrN3OS/c1-9(2)8-16-13(19)5-6-18-12-7-10(15)3-4-11(12)17-14(18)20/h3-4,7,9H,5-6,8H2,1-2H3,(H,16,19)(H,17,20). The van der Waals surface area contributed by atoms with Crippen molar-refractivity contribution in [3.05, 3.63) is 27.4 Å². The van der Waals surface area contributed by atoms with Gasteiger partial charge in [0, 0.05) is 24.0 Å². The molecule has 0 fully saturated rings. The summed E-state index contributed by atoms with van der Waals surface area (Å²) in [6.45, 7) is 5.45. The molecule has 20 heavy (non-hydrogen) atoms. The van der Waals surface area contributed by atoms with E-state index in [1.807, 2.05) is 22.8 Å². The van der Waals surface area contributed by atoms with Gasteiger partial charge in [0.2, 0.25) is 5.91 Å². The Kier molecular flexibility index (Phi) is 4.99. The summed E-state index contributed by atoms with van der Waals surface area (Å²) in [5, 5.41) is 2.92. The van der Waals surface area contributed by atoms with Crippen molar-refractivity contribution in [1.29, 1.82) is 0 Å². The van der Waals surface area contributed by atoms with Crippen LogP contribution in [0.15, 0.2) is 22.7 Å². The number of benzene rings is 1. The first-order chi connectivity index (χ1) is 9.47. The van der Waals surface area contributed by atoms with E-state index in [-0.39, 0.29) is 5.91 Å². The number of halogens is 1. The van der Waals surface area contributed by atoms with Gasteiger partial charge in [-0.3, -0.25) is 4.79 Å². The number of aryl methyl sites for hydroxylation is 1. The van der Waals surface area contributed by atoms with E-state index < -0.39 is 0 Å². The van der Waals surface area contributed by atoms with Gasteiger partial charge in [-0.2, -0.15) is 0 Å². The van der Waals surface area contributed by atoms with E-state index in [4.69, 9.17) is 12.2 Å². The van der Waals surface area contributed by atoms with E-state index in [9.17, 15) is 4.79 Å². The van der Waals surface area contributed by atoms with E-state index in [1.54, 1.807) is 0 Å². The lowest BCUT2D eigenvalue weighted by atomic mass is 10.2. The van der Waals surface area contributed by atoms with Crippen LogP contribution in [-0.4, -0.2) is 22.0 Å². The summed E-state index contributed by atoms with van der Waals surface area (Å²) in [6, 6.07) is 5.95. The number of aromatic nitrogens is 2. The first-order valence-electron chi connectivity index (χ1n) is 6.62. The lowest BCUT2D eigenvalue weighted by Gasteiger charge is -2.08. The number of carbonyl (C=O) groups excluding carboxylic acids is 1. The Morgan fingerprint density at radius 2 is 2.25 bits per heavy atom. The third-order valence-electron chi connectivity index (χ3n) is 3.01. The van der Waals surface area contributed by atoms with Crippen LogP contribution in [0, 0.1) is 10.7 Å². The number of aromatic amines is 1. The highest BCUT2D eigenvalue weighted by atomic mass is 79.9. The summed E-state index contributed by atoms with van der Waals surface area (Å²) in [7, 11) is 0. The molecule has 2 rings (SSSR count). The number of imidazole rings is 1. The SMILES string of the molecule is CC(C)CNC(=O)CCn1c(=S)[nH]c2ccc(Br)cc21. The average Bonchev–Trinajstić information content (AvgIpc) is 2.69. The Morgan fingerprint density at radius 3 is 2.95 bits per heavy atom. The summed E-state index contributed by atoms with van der Waals surface area (Å²) >= 11 is 8.77. The predicted octanol–water partition coefficient (Wildman–Crippen LogP) is 3.62. The molecular formula is C14H18BrN3OS. The average molecular weight is 356 g/mol. The number of nitrogens with zero attached hydrogens (tertiary/aromatic N) is 1. The number of hydrogen-bond donors (Lipinski definition) is 2. The zero-order valence-electron chi connectivity index (χ0n) is 11.6. The largest absolute Gasteiger partial charge is 0.356 e. The number of nitrogens with one attached hydrogen (secondary N) is 2. The van der Waals surface area contributed by atoms with E-state index in [0.717, 1.165) is 15.5 Å². The molecule has 1 heterocycles. The highest BCUT2D eigenvalue weighted by Gasteiger charge is 2.08. The Hall–Kier alpha value is -1.14. The molecule has 1 amide bonds. The molecule has 0 spiro atoms. The van der Waals surface area contributed by atoms with Crippen LogP contribution in [0.4, 0.5) is 0 Å². The number of H-pyrrole nitrogens is 1. The third-order valence-corrected chi connectivity index (χ3v) is 3.82. The number of rotatable bonds is 5. The van der Waals surface area contributed by atoms with Crippen LogP contribution in [0.2, 0.25) is 0 Å². The molecule has 0 bridgehead atoms. The molecule has 0 unspecified atom stereocenters. The van der Waals surface area contributed by atoms with Crippen molar-refractivity contribution >= 4 is 45.1 Å². The highest BCUT2D eigenvalue weighted by Crippen LogP contribution is 2.20. The fraction of sp³-hybridized carbons (Fsp3) is 0.429. The number of fused-ring (bicyclic) bond motifs is 1. The molecule has 0 aliphatic carbocycles. The maximum atomic E-state index is 11.8. The van der Waals surface area contributed by atoms with Gasteiger partial charge >= 0.3 is 0 Å². The lowest BCUT2D eigenvalue weighted by molar-refractivity contribution is -0.121. The third kappa shape index (κ3) is 3.70. The minimum Gasteiger partial charge on any atom is -0.356 e. The fourth-order valence-electron chi connectivity index (χ4n) is 1.97. The van der Waals surface area contributed by atoms with Crippen molar-refractivity contribution in [3.8, 4) is 0 Å². The molecule has 6 heteroatoms. The quantitative estimate of drug-likeness (QED) is 0.804. The van der Waals surface area contributed by atoms with Gasteiger partial charge in [0.1, 0.15) is 0 Å². The number of carbonyl (C=O) groups is 1. The van der Waals surface area contributed by atoms with Crippen molar-refractivity contribution in [2.24, 2.45) is 5.92 Å². The molecule has 0 aliphatic rings. The summed E-state index contributed by atoms with van der Waals surface area (Å²) in [5.74, 6) is 0.523. The summed E-state index contributed by atoms with van der Waals surface area (Å²) in [4.78, 5) is 14.9. The highest BCUT2D eigenvalue weighted by molar-refractivity contribution is 9.10. The van der Waals surface area contributed by atoms with Crippen molar-refractivity contribution in [2.45, 2.75) is 26.8 Å². The lowest BCUT2D eigenvalue weighted by Crippen LogP contribution is -2.28. The normalized spacial score (nSPS) is 11.2. The van der Waals surface area contributed by atoms with E-state index in [1.165, 1.54) is 0 Å². The first-order valence-corrected chi connectivity index (χ1v) is 7.82. The molecule has 4 nitrogen and oxygen atoms in total. The summed E-state index contributed by atoms with van der Waals surface area (Å²) in [5.41, 5.74) is 2.00.